The third kappa shape index (κ3) is 2.79. The molecule has 1 heterocycles. The third-order valence-corrected chi connectivity index (χ3v) is 5.09. The Hall–Kier alpha value is -1.69. The molecule has 0 saturated heterocycles. The van der Waals surface area contributed by atoms with Gasteiger partial charge in [-0.05, 0) is 31.1 Å². The molecule has 6 nitrogen and oxygen atoms in total. The van der Waals surface area contributed by atoms with Crippen molar-refractivity contribution in [3.63, 3.8) is 0 Å². The maximum absolute atomic E-state index is 12.1. The van der Waals surface area contributed by atoms with Gasteiger partial charge >= 0.3 is 5.97 Å². The van der Waals surface area contributed by atoms with Crippen LogP contribution in [-0.4, -0.2) is 29.0 Å². The number of carbonyl (C=O) groups excluding carboxylic acids is 2. The summed E-state index contributed by atoms with van der Waals surface area (Å²) in [5, 5.41) is 3.17. The smallest absolute Gasteiger partial charge is 0.308 e. The fourth-order valence-electron chi connectivity index (χ4n) is 3.61. The number of carbonyl (C=O) groups is 2. The van der Waals surface area contributed by atoms with Crippen LogP contribution in [0.3, 0.4) is 0 Å². The number of ether oxygens (including phenoxy) is 1. The van der Waals surface area contributed by atoms with E-state index in [-0.39, 0.29) is 29.1 Å². The zero-order valence-electron chi connectivity index (χ0n) is 12.3. The molecule has 2 fully saturated rings. The Labute approximate surface area is 133 Å². The summed E-state index contributed by atoms with van der Waals surface area (Å²) in [6.07, 6.45) is 6.45. The second-order valence-electron chi connectivity index (χ2n) is 6.25. The summed E-state index contributed by atoms with van der Waals surface area (Å²) in [6.45, 7) is 0.291. The molecule has 0 aromatic carbocycles. The van der Waals surface area contributed by atoms with Crippen LogP contribution in [0.2, 0.25) is 5.15 Å². The number of nitrogens with zero attached hydrogens (tertiary/aromatic N) is 2. The van der Waals surface area contributed by atoms with Gasteiger partial charge in [0.15, 0.2) is 5.15 Å². The first-order valence-electron chi connectivity index (χ1n) is 7.34. The lowest BCUT2D eigenvalue weighted by Gasteiger charge is -2.56. The predicted octanol–water partition coefficient (Wildman–Crippen LogP) is 1.73. The van der Waals surface area contributed by atoms with Gasteiger partial charge in [0.05, 0.1) is 25.3 Å². The first-order valence-corrected chi connectivity index (χ1v) is 7.72. The van der Waals surface area contributed by atoms with E-state index in [9.17, 15) is 9.59 Å². The highest BCUT2D eigenvalue weighted by Gasteiger charge is 2.56. The number of halogens is 1. The zero-order chi connectivity index (χ0) is 15.7. The average Bonchev–Trinajstić information content (AvgIpc) is 2.43. The first kappa shape index (κ1) is 15.2. The molecule has 1 N–H and O–H groups in total. The molecule has 0 bridgehead atoms. The van der Waals surface area contributed by atoms with E-state index in [0.29, 0.717) is 17.4 Å². The highest BCUT2D eigenvalue weighted by atomic mass is 35.5. The average molecular weight is 324 g/mol. The second kappa shape index (κ2) is 5.83. The summed E-state index contributed by atoms with van der Waals surface area (Å²) in [5.74, 6) is -0.0638. The van der Waals surface area contributed by atoms with Crippen molar-refractivity contribution in [2.75, 3.05) is 7.11 Å². The molecule has 2 aliphatic carbocycles. The van der Waals surface area contributed by atoms with Crippen molar-refractivity contribution in [2.24, 2.45) is 17.3 Å². The van der Waals surface area contributed by atoms with E-state index in [0.717, 1.165) is 25.7 Å². The Morgan fingerprint density at radius 1 is 1.27 bits per heavy atom. The van der Waals surface area contributed by atoms with E-state index in [2.05, 4.69) is 15.3 Å². The maximum atomic E-state index is 12.1. The molecule has 0 unspecified atom stereocenters. The van der Waals surface area contributed by atoms with E-state index in [1.807, 2.05) is 0 Å². The summed E-state index contributed by atoms with van der Waals surface area (Å²) in [4.78, 5) is 31.5. The number of esters is 1. The number of aromatic nitrogens is 2. The zero-order valence-corrected chi connectivity index (χ0v) is 13.1. The van der Waals surface area contributed by atoms with Gasteiger partial charge < -0.3 is 10.1 Å². The molecule has 0 atom stereocenters. The van der Waals surface area contributed by atoms with Gasteiger partial charge in [-0.25, -0.2) is 4.98 Å². The van der Waals surface area contributed by atoms with Crippen molar-refractivity contribution >= 4 is 23.5 Å². The number of nitrogens with one attached hydrogen (secondary N) is 1. The van der Waals surface area contributed by atoms with Crippen LogP contribution in [0.5, 0.6) is 0 Å². The number of hydrogen-bond donors (Lipinski definition) is 1. The summed E-state index contributed by atoms with van der Waals surface area (Å²) in [6, 6.07) is 0. The Morgan fingerprint density at radius 3 is 2.55 bits per heavy atom. The topological polar surface area (TPSA) is 81.2 Å². The van der Waals surface area contributed by atoms with E-state index in [1.165, 1.54) is 13.3 Å². The first-order chi connectivity index (χ1) is 10.5. The van der Waals surface area contributed by atoms with Gasteiger partial charge in [0.1, 0.15) is 0 Å². The molecular weight excluding hydrogens is 306 g/mol. The molecule has 1 amide bonds. The van der Waals surface area contributed by atoms with Crippen LogP contribution in [0.25, 0.3) is 0 Å². The van der Waals surface area contributed by atoms with Gasteiger partial charge in [0.25, 0.3) is 0 Å². The maximum Gasteiger partial charge on any atom is 0.308 e. The Bertz CT molecular complexity index is 593. The molecule has 2 aliphatic rings. The molecule has 1 spiro atoms. The van der Waals surface area contributed by atoms with Crippen molar-refractivity contribution in [3.8, 4) is 0 Å². The lowest BCUT2D eigenvalue weighted by atomic mass is 9.48. The largest absolute Gasteiger partial charge is 0.469 e. The molecule has 118 valence electrons. The lowest BCUT2D eigenvalue weighted by Crippen LogP contribution is -2.53. The number of hydrogen-bond acceptors (Lipinski definition) is 5. The van der Waals surface area contributed by atoms with Crippen molar-refractivity contribution in [3.05, 3.63) is 23.2 Å². The van der Waals surface area contributed by atoms with Crippen LogP contribution in [0, 0.1) is 17.3 Å². The quantitative estimate of drug-likeness (QED) is 0.853. The Kier molecular flexibility index (Phi) is 4.04. The molecule has 1 aromatic rings. The van der Waals surface area contributed by atoms with E-state index >= 15 is 0 Å². The monoisotopic (exact) mass is 323 g/mol. The van der Waals surface area contributed by atoms with Crippen LogP contribution in [-0.2, 0) is 20.9 Å². The van der Waals surface area contributed by atoms with E-state index in [1.54, 1.807) is 6.20 Å². The summed E-state index contributed by atoms with van der Waals surface area (Å²) >= 11 is 5.90. The van der Waals surface area contributed by atoms with Crippen LogP contribution in [0.15, 0.2) is 12.4 Å². The highest BCUT2D eigenvalue weighted by Crippen LogP contribution is 2.61. The van der Waals surface area contributed by atoms with Crippen LogP contribution in [0.4, 0.5) is 0 Å². The highest BCUT2D eigenvalue weighted by molar-refractivity contribution is 6.29. The van der Waals surface area contributed by atoms with E-state index < -0.39 is 0 Å². The molecule has 1 aromatic heterocycles. The summed E-state index contributed by atoms with van der Waals surface area (Å²) in [5.41, 5.74) is 0.756. The van der Waals surface area contributed by atoms with Crippen molar-refractivity contribution in [1.82, 2.24) is 15.3 Å². The minimum absolute atomic E-state index is 0.0208. The standard InChI is InChI=1S/C15H18ClN3O3/c1-22-14(21)10-6-15(7-10)4-9(5-15)13(20)19-8-11-12(16)18-3-2-17-11/h2-3,9-10H,4-8H2,1H3,(H,19,20). The van der Waals surface area contributed by atoms with Gasteiger partial charge in [0.2, 0.25) is 5.91 Å². The van der Waals surface area contributed by atoms with Gasteiger partial charge in [-0.2, -0.15) is 0 Å². The number of amides is 1. The summed E-state index contributed by atoms with van der Waals surface area (Å²) < 4.78 is 4.75. The summed E-state index contributed by atoms with van der Waals surface area (Å²) in [7, 11) is 1.42. The molecule has 22 heavy (non-hydrogen) atoms. The number of rotatable bonds is 4. The van der Waals surface area contributed by atoms with Crippen LogP contribution < -0.4 is 5.32 Å². The predicted molar refractivity (Wildman–Crippen MR) is 78.8 cm³/mol. The van der Waals surface area contributed by atoms with Gasteiger partial charge in [-0.1, -0.05) is 11.6 Å². The number of methoxy groups -OCH3 is 1. The normalized spacial score (nSPS) is 29.4. The fraction of sp³-hybridized carbons (Fsp3) is 0.600. The van der Waals surface area contributed by atoms with Crippen LogP contribution >= 0.6 is 11.6 Å². The molecule has 0 aliphatic heterocycles. The molecular formula is C15H18ClN3O3. The molecule has 0 radical (unpaired) electrons. The van der Waals surface area contributed by atoms with Crippen molar-refractivity contribution in [2.45, 2.75) is 32.2 Å². The Morgan fingerprint density at radius 2 is 1.91 bits per heavy atom. The van der Waals surface area contributed by atoms with Gasteiger partial charge in [-0.3, -0.25) is 14.6 Å². The Balaban J connectivity index is 1.43. The second-order valence-corrected chi connectivity index (χ2v) is 6.60. The van der Waals surface area contributed by atoms with Gasteiger partial charge in [0, 0.05) is 18.3 Å². The third-order valence-electron chi connectivity index (χ3n) is 4.78. The molecule has 7 heteroatoms. The van der Waals surface area contributed by atoms with Gasteiger partial charge in [-0.15, -0.1) is 0 Å². The lowest BCUT2D eigenvalue weighted by molar-refractivity contribution is -0.164. The van der Waals surface area contributed by atoms with Crippen molar-refractivity contribution in [1.29, 1.82) is 0 Å². The minimum Gasteiger partial charge on any atom is -0.469 e. The fourth-order valence-corrected chi connectivity index (χ4v) is 3.78. The molecule has 3 rings (SSSR count). The van der Waals surface area contributed by atoms with Crippen molar-refractivity contribution < 1.29 is 14.3 Å². The van der Waals surface area contributed by atoms with E-state index in [4.69, 9.17) is 16.3 Å². The van der Waals surface area contributed by atoms with Crippen LogP contribution in [0.1, 0.15) is 31.4 Å². The SMILES string of the molecule is COC(=O)C1CC2(CC(C(=O)NCc3nccnc3Cl)C2)C1. The molecule has 2 saturated carbocycles. The minimum atomic E-state index is -0.129.